The van der Waals surface area contributed by atoms with E-state index in [1.807, 2.05) is 18.2 Å². The van der Waals surface area contributed by atoms with Crippen molar-refractivity contribution in [1.29, 1.82) is 0 Å². The molecule has 0 aliphatic heterocycles. The molecule has 0 saturated heterocycles. The van der Waals surface area contributed by atoms with Crippen molar-refractivity contribution in [3.8, 4) is 0 Å². The Morgan fingerprint density at radius 3 is 3.00 bits per heavy atom. The summed E-state index contributed by atoms with van der Waals surface area (Å²) in [5.74, 6) is 0.571. The Morgan fingerprint density at radius 1 is 1.47 bits per heavy atom. The summed E-state index contributed by atoms with van der Waals surface area (Å²) in [5.41, 5.74) is 0.648. The van der Waals surface area contributed by atoms with Crippen LogP contribution in [0.5, 0.6) is 0 Å². The van der Waals surface area contributed by atoms with Crippen molar-refractivity contribution in [3.05, 3.63) is 35.0 Å². The molecule has 1 aliphatic rings. The number of nitrogens with one attached hydrogen (secondary N) is 1. The van der Waals surface area contributed by atoms with E-state index in [2.05, 4.69) is 5.32 Å². The zero-order chi connectivity index (χ0) is 11.8. The summed E-state index contributed by atoms with van der Waals surface area (Å²) in [4.78, 5) is 0. The maximum absolute atomic E-state index is 9.99. The zero-order valence-electron chi connectivity index (χ0n) is 9.32. The summed E-state index contributed by atoms with van der Waals surface area (Å²) in [6.07, 6.45) is 1.80. The van der Waals surface area contributed by atoms with Gasteiger partial charge in [-0.3, -0.25) is 0 Å². The fourth-order valence-electron chi connectivity index (χ4n) is 1.88. The number of para-hydroxylation sites is 1. The Bertz CT molecular complexity index is 533. The molecule has 2 N–H and O–H groups in total. The van der Waals surface area contributed by atoms with Crippen molar-refractivity contribution in [2.75, 3.05) is 6.54 Å². The first-order valence-corrected chi connectivity index (χ1v) is 6.21. The summed E-state index contributed by atoms with van der Waals surface area (Å²) in [6, 6.07) is 8.01. The largest absolute Gasteiger partial charge is 0.457 e. The molecule has 0 radical (unpaired) electrons. The fraction of sp³-hybridized carbons (Fsp3) is 0.385. The van der Waals surface area contributed by atoms with Gasteiger partial charge in [-0.2, -0.15) is 0 Å². The lowest BCUT2D eigenvalue weighted by Crippen LogP contribution is -2.22. The van der Waals surface area contributed by atoms with Crippen molar-refractivity contribution >= 4 is 22.6 Å². The first-order valence-electron chi connectivity index (χ1n) is 5.83. The van der Waals surface area contributed by atoms with E-state index in [-0.39, 0.29) is 0 Å². The maximum Gasteiger partial charge on any atom is 0.152 e. The average molecular weight is 252 g/mol. The third-order valence-corrected chi connectivity index (χ3v) is 3.32. The molecular formula is C13H14ClNO2. The fourth-order valence-corrected chi connectivity index (χ4v) is 2.10. The Labute approximate surface area is 104 Å². The second-order valence-corrected chi connectivity index (χ2v) is 4.91. The number of aliphatic hydroxyl groups excluding tert-OH is 1. The molecule has 4 heteroatoms. The van der Waals surface area contributed by atoms with E-state index in [4.69, 9.17) is 16.0 Å². The van der Waals surface area contributed by atoms with Crippen LogP contribution in [0.4, 0.5) is 0 Å². The van der Waals surface area contributed by atoms with Gasteiger partial charge in [-0.1, -0.05) is 23.7 Å². The highest BCUT2D eigenvalue weighted by Gasteiger charge is 2.23. The van der Waals surface area contributed by atoms with Gasteiger partial charge in [0.25, 0.3) is 0 Å². The number of halogens is 1. The lowest BCUT2D eigenvalue weighted by Gasteiger charge is -2.07. The molecule has 1 aromatic heterocycles. The molecule has 17 heavy (non-hydrogen) atoms. The van der Waals surface area contributed by atoms with Gasteiger partial charge in [0, 0.05) is 18.0 Å². The van der Waals surface area contributed by atoms with E-state index in [1.165, 1.54) is 12.8 Å². The lowest BCUT2D eigenvalue weighted by molar-refractivity contribution is 0.149. The molecule has 90 valence electrons. The van der Waals surface area contributed by atoms with Gasteiger partial charge < -0.3 is 14.8 Å². The molecule has 0 bridgehead atoms. The Hall–Kier alpha value is -1.03. The topological polar surface area (TPSA) is 45.4 Å². The van der Waals surface area contributed by atoms with Crippen LogP contribution in [0.1, 0.15) is 24.7 Å². The number of hydrogen-bond acceptors (Lipinski definition) is 3. The number of furan rings is 1. The van der Waals surface area contributed by atoms with Gasteiger partial charge >= 0.3 is 0 Å². The van der Waals surface area contributed by atoms with Gasteiger partial charge in [0.1, 0.15) is 11.9 Å². The quantitative estimate of drug-likeness (QED) is 0.878. The molecule has 1 fully saturated rings. The van der Waals surface area contributed by atoms with Crippen LogP contribution in [0.3, 0.4) is 0 Å². The Kier molecular flexibility index (Phi) is 2.82. The van der Waals surface area contributed by atoms with Crippen molar-refractivity contribution in [3.63, 3.8) is 0 Å². The molecule has 0 amide bonds. The minimum Gasteiger partial charge on any atom is -0.457 e. The van der Waals surface area contributed by atoms with Crippen molar-refractivity contribution < 1.29 is 9.52 Å². The van der Waals surface area contributed by atoms with E-state index < -0.39 is 6.10 Å². The standard InChI is InChI=1S/C13H14ClNO2/c14-10-3-1-2-8-6-12(17-13(8)10)11(16)7-15-9-4-5-9/h1-3,6,9,11,15-16H,4-5,7H2. The van der Waals surface area contributed by atoms with Crippen LogP contribution in [-0.4, -0.2) is 17.7 Å². The number of fused-ring (bicyclic) bond motifs is 1. The Morgan fingerprint density at radius 2 is 2.29 bits per heavy atom. The van der Waals surface area contributed by atoms with Crippen LogP contribution in [0, 0.1) is 0 Å². The molecule has 1 aliphatic carbocycles. The summed E-state index contributed by atoms with van der Waals surface area (Å²) in [6.45, 7) is 0.530. The SMILES string of the molecule is OC(CNC1CC1)c1cc2cccc(Cl)c2o1. The van der Waals surface area contributed by atoms with Gasteiger partial charge in [-0.05, 0) is 25.0 Å². The summed E-state index contributed by atoms with van der Waals surface area (Å²) < 4.78 is 5.59. The van der Waals surface area contributed by atoms with Gasteiger partial charge in [-0.15, -0.1) is 0 Å². The highest BCUT2D eigenvalue weighted by Crippen LogP contribution is 2.29. The Balaban J connectivity index is 1.81. The molecule has 1 saturated carbocycles. The third-order valence-electron chi connectivity index (χ3n) is 3.02. The smallest absolute Gasteiger partial charge is 0.152 e. The van der Waals surface area contributed by atoms with Crippen LogP contribution >= 0.6 is 11.6 Å². The minimum absolute atomic E-state index is 0.530. The molecule has 1 aromatic carbocycles. The maximum atomic E-state index is 9.99. The molecule has 1 heterocycles. The van der Waals surface area contributed by atoms with Crippen LogP contribution in [-0.2, 0) is 0 Å². The molecule has 2 aromatic rings. The van der Waals surface area contributed by atoms with Crippen molar-refractivity contribution in [2.45, 2.75) is 25.0 Å². The molecule has 1 unspecified atom stereocenters. The summed E-state index contributed by atoms with van der Waals surface area (Å²) in [7, 11) is 0. The van der Waals surface area contributed by atoms with E-state index >= 15 is 0 Å². The van der Waals surface area contributed by atoms with Crippen molar-refractivity contribution in [1.82, 2.24) is 5.32 Å². The highest BCUT2D eigenvalue weighted by molar-refractivity contribution is 6.34. The highest BCUT2D eigenvalue weighted by atomic mass is 35.5. The second-order valence-electron chi connectivity index (χ2n) is 4.51. The average Bonchev–Trinajstić information content (AvgIpc) is 3.04. The van der Waals surface area contributed by atoms with Gasteiger partial charge in [-0.25, -0.2) is 0 Å². The zero-order valence-corrected chi connectivity index (χ0v) is 10.1. The third kappa shape index (κ3) is 2.32. The predicted octanol–water partition coefficient (Wildman–Crippen LogP) is 2.87. The molecule has 1 atom stereocenters. The second kappa shape index (κ2) is 4.33. The number of benzene rings is 1. The van der Waals surface area contributed by atoms with Crippen LogP contribution < -0.4 is 5.32 Å². The summed E-state index contributed by atoms with van der Waals surface area (Å²) >= 11 is 6.02. The van der Waals surface area contributed by atoms with Crippen LogP contribution in [0.15, 0.2) is 28.7 Å². The normalized spacial score (nSPS) is 17.5. The van der Waals surface area contributed by atoms with E-state index in [0.717, 1.165) is 5.39 Å². The molecule has 3 nitrogen and oxygen atoms in total. The summed E-state index contributed by atoms with van der Waals surface area (Å²) in [5, 5.41) is 14.8. The van der Waals surface area contributed by atoms with Gasteiger partial charge in [0.2, 0.25) is 0 Å². The van der Waals surface area contributed by atoms with Crippen LogP contribution in [0.2, 0.25) is 5.02 Å². The van der Waals surface area contributed by atoms with Gasteiger partial charge in [0.15, 0.2) is 5.58 Å². The van der Waals surface area contributed by atoms with Gasteiger partial charge in [0.05, 0.1) is 5.02 Å². The predicted molar refractivity (Wildman–Crippen MR) is 67.2 cm³/mol. The minimum atomic E-state index is -0.612. The monoisotopic (exact) mass is 251 g/mol. The van der Waals surface area contributed by atoms with Crippen molar-refractivity contribution in [2.24, 2.45) is 0 Å². The first kappa shape index (κ1) is 11.1. The number of rotatable bonds is 4. The molecule has 0 spiro atoms. The number of aliphatic hydroxyl groups is 1. The van der Waals surface area contributed by atoms with E-state index in [1.54, 1.807) is 6.07 Å². The first-order chi connectivity index (χ1) is 8.24. The van der Waals surface area contributed by atoms with Crippen LogP contribution in [0.25, 0.3) is 11.0 Å². The van der Waals surface area contributed by atoms with E-state index in [9.17, 15) is 5.11 Å². The van der Waals surface area contributed by atoms with E-state index in [0.29, 0.717) is 29.0 Å². The lowest BCUT2D eigenvalue weighted by atomic mass is 10.2. The number of hydrogen-bond donors (Lipinski definition) is 2. The molecule has 3 rings (SSSR count). The molecular weight excluding hydrogens is 238 g/mol.